The van der Waals surface area contributed by atoms with Gasteiger partial charge in [0.1, 0.15) is 0 Å². The molecule has 1 aromatic carbocycles. The molecule has 0 aliphatic carbocycles. The molecule has 0 fully saturated rings. The van der Waals surface area contributed by atoms with Gasteiger partial charge in [0.15, 0.2) is 0 Å². The molecule has 0 atom stereocenters. The minimum atomic E-state index is -4.15. The molecule has 1 N–H and O–H groups in total. The van der Waals surface area contributed by atoms with E-state index in [9.17, 15) is 13.0 Å². The average Bonchev–Trinajstić information content (AvgIpc) is 2.47. The summed E-state index contributed by atoms with van der Waals surface area (Å²) >= 11 is 0. The van der Waals surface area contributed by atoms with Gasteiger partial charge in [0.05, 0.1) is 14.4 Å². The van der Waals surface area contributed by atoms with Gasteiger partial charge >= 0.3 is 0 Å². The van der Waals surface area contributed by atoms with Crippen molar-refractivity contribution in [3.63, 3.8) is 0 Å². The molecule has 0 unspecified atom stereocenters. The SMILES string of the molecule is CCCCCCCC[Si]c1c(S(=O)(=O)O)cc(C)c(CC)c1C. The maximum Gasteiger partial charge on any atom is 0.294 e. The Balaban J connectivity index is 2.83. The summed E-state index contributed by atoms with van der Waals surface area (Å²) in [7, 11) is -3.71. The third kappa shape index (κ3) is 6.05. The molecule has 0 amide bonds. The van der Waals surface area contributed by atoms with E-state index in [2.05, 4.69) is 13.8 Å². The fourth-order valence-electron chi connectivity index (χ4n) is 3.07. The summed E-state index contributed by atoms with van der Waals surface area (Å²) in [5.41, 5.74) is 3.21. The molecule has 0 heterocycles. The molecular formula is C18H30O3SSi. The summed E-state index contributed by atoms with van der Waals surface area (Å²) in [6.07, 6.45) is 8.32. The Labute approximate surface area is 144 Å². The van der Waals surface area contributed by atoms with Gasteiger partial charge in [-0.25, -0.2) is 0 Å². The van der Waals surface area contributed by atoms with E-state index < -0.39 is 10.1 Å². The summed E-state index contributed by atoms with van der Waals surface area (Å²) < 4.78 is 33.0. The van der Waals surface area contributed by atoms with E-state index in [1.54, 1.807) is 6.07 Å². The van der Waals surface area contributed by atoms with E-state index in [1.165, 1.54) is 37.7 Å². The van der Waals surface area contributed by atoms with Crippen LogP contribution in [0.5, 0.6) is 0 Å². The van der Waals surface area contributed by atoms with Crippen molar-refractivity contribution in [3.8, 4) is 0 Å². The molecule has 0 saturated carbocycles. The number of unbranched alkanes of at least 4 members (excludes halogenated alkanes) is 5. The van der Waals surface area contributed by atoms with Crippen molar-refractivity contribution in [2.75, 3.05) is 0 Å². The molecule has 0 aliphatic heterocycles. The molecule has 0 aromatic heterocycles. The van der Waals surface area contributed by atoms with Crippen molar-refractivity contribution in [2.24, 2.45) is 0 Å². The third-order valence-electron chi connectivity index (χ3n) is 4.36. The lowest BCUT2D eigenvalue weighted by atomic mass is 10.0. The Hall–Kier alpha value is -0.653. The standard InChI is InChI=1S/C18H30O3SSi/c1-5-7-8-9-10-11-12-23-18-15(4)16(6-2)14(3)13-17(18)22(19,20)21/h13H,5-12H2,1-4H3,(H,19,20,21). The fourth-order valence-corrected chi connectivity index (χ4v) is 5.75. The first-order valence-electron chi connectivity index (χ1n) is 8.67. The van der Waals surface area contributed by atoms with Gasteiger partial charge in [0, 0.05) is 0 Å². The summed E-state index contributed by atoms with van der Waals surface area (Å²) in [5, 5.41) is 0.837. The third-order valence-corrected chi connectivity index (χ3v) is 7.02. The van der Waals surface area contributed by atoms with Crippen molar-refractivity contribution in [1.29, 1.82) is 0 Å². The van der Waals surface area contributed by atoms with Crippen LogP contribution < -0.4 is 5.19 Å². The molecule has 2 radical (unpaired) electrons. The first kappa shape index (κ1) is 20.4. The highest BCUT2D eigenvalue weighted by molar-refractivity contribution is 7.86. The molecule has 3 nitrogen and oxygen atoms in total. The van der Waals surface area contributed by atoms with Crippen molar-refractivity contribution in [3.05, 3.63) is 22.8 Å². The van der Waals surface area contributed by atoms with Gasteiger partial charge in [-0.15, -0.1) is 0 Å². The van der Waals surface area contributed by atoms with E-state index >= 15 is 0 Å². The van der Waals surface area contributed by atoms with E-state index in [0.29, 0.717) is 9.52 Å². The molecule has 0 saturated heterocycles. The second-order valence-corrected chi connectivity index (χ2v) is 8.94. The number of rotatable bonds is 10. The molecule has 5 heteroatoms. The zero-order valence-corrected chi connectivity index (χ0v) is 16.7. The molecule has 0 aliphatic rings. The number of hydrogen-bond donors (Lipinski definition) is 1. The van der Waals surface area contributed by atoms with E-state index in [0.717, 1.165) is 35.2 Å². The van der Waals surface area contributed by atoms with Crippen LogP contribution in [0, 0.1) is 13.8 Å². The first-order chi connectivity index (χ1) is 10.8. The Morgan fingerprint density at radius 3 is 2.22 bits per heavy atom. The van der Waals surface area contributed by atoms with Crippen molar-refractivity contribution < 1.29 is 13.0 Å². The zero-order chi connectivity index (χ0) is 17.5. The molecular weight excluding hydrogens is 324 g/mol. The lowest BCUT2D eigenvalue weighted by molar-refractivity contribution is 0.483. The van der Waals surface area contributed by atoms with Crippen LogP contribution in [0.3, 0.4) is 0 Å². The Morgan fingerprint density at radius 2 is 1.65 bits per heavy atom. The minimum absolute atomic E-state index is 0.119. The maximum absolute atomic E-state index is 11.7. The minimum Gasteiger partial charge on any atom is -0.282 e. The molecule has 0 spiro atoms. The first-order valence-corrected chi connectivity index (χ1v) is 11.3. The van der Waals surface area contributed by atoms with Gasteiger partial charge in [-0.05, 0) is 48.2 Å². The van der Waals surface area contributed by atoms with Crippen LogP contribution in [-0.2, 0) is 16.5 Å². The maximum atomic E-state index is 11.7. The van der Waals surface area contributed by atoms with Gasteiger partial charge < -0.3 is 0 Å². The quantitative estimate of drug-likeness (QED) is 0.389. The normalized spacial score (nSPS) is 11.9. The summed E-state index contributed by atoms with van der Waals surface area (Å²) in [6.45, 7) is 8.21. The van der Waals surface area contributed by atoms with Gasteiger partial charge in [-0.3, -0.25) is 4.55 Å². The predicted octanol–water partition coefficient (Wildman–Crippen LogP) is 4.22. The van der Waals surface area contributed by atoms with Crippen LogP contribution in [0.1, 0.15) is 69.1 Å². The van der Waals surface area contributed by atoms with Crippen LogP contribution in [0.25, 0.3) is 0 Å². The summed E-state index contributed by atoms with van der Waals surface area (Å²) in [4.78, 5) is 0.119. The molecule has 130 valence electrons. The van der Waals surface area contributed by atoms with E-state index in [-0.39, 0.29) is 4.90 Å². The molecule has 23 heavy (non-hydrogen) atoms. The van der Waals surface area contributed by atoms with Crippen LogP contribution in [0.2, 0.25) is 6.04 Å². The van der Waals surface area contributed by atoms with Crippen molar-refractivity contribution >= 4 is 24.8 Å². The summed E-state index contributed by atoms with van der Waals surface area (Å²) in [6, 6.07) is 2.65. The van der Waals surface area contributed by atoms with Crippen LogP contribution >= 0.6 is 0 Å². The zero-order valence-electron chi connectivity index (χ0n) is 14.9. The summed E-state index contributed by atoms with van der Waals surface area (Å²) in [5.74, 6) is 0. The topological polar surface area (TPSA) is 54.4 Å². The van der Waals surface area contributed by atoms with Crippen molar-refractivity contribution in [1.82, 2.24) is 0 Å². The molecule has 0 bridgehead atoms. The van der Waals surface area contributed by atoms with E-state index in [4.69, 9.17) is 0 Å². The number of aryl methyl sites for hydroxylation is 1. The highest BCUT2D eigenvalue weighted by atomic mass is 32.2. The van der Waals surface area contributed by atoms with Crippen LogP contribution in [0.15, 0.2) is 11.0 Å². The van der Waals surface area contributed by atoms with E-state index in [1.807, 2.05) is 13.8 Å². The largest absolute Gasteiger partial charge is 0.294 e. The Kier molecular flexibility index (Phi) is 8.51. The van der Waals surface area contributed by atoms with Gasteiger partial charge in [-0.1, -0.05) is 58.4 Å². The monoisotopic (exact) mass is 354 g/mol. The molecule has 1 aromatic rings. The average molecular weight is 355 g/mol. The van der Waals surface area contributed by atoms with Gasteiger partial charge in [0.25, 0.3) is 10.1 Å². The Morgan fingerprint density at radius 1 is 1.04 bits per heavy atom. The smallest absolute Gasteiger partial charge is 0.282 e. The second kappa shape index (κ2) is 9.60. The number of benzene rings is 1. The Bertz CT molecular complexity index is 609. The van der Waals surface area contributed by atoms with Crippen LogP contribution in [-0.4, -0.2) is 22.5 Å². The highest BCUT2D eigenvalue weighted by Crippen LogP contribution is 2.19. The number of hydrogen-bond acceptors (Lipinski definition) is 2. The lowest BCUT2D eigenvalue weighted by Gasteiger charge is -2.16. The van der Waals surface area contributed by atoms with Crippen molar-refractivity contribution in [2.45, 2.75) is 83.6 Å². The van der Waals surface area contributed by atoms with Gasteiger partial charge in [0.2, 0.25) is 0 Å². The lowest BCUT2D eigenvalue weighted by Crippen LogP contribution is -2.27. The second-order valence-electron chi connectivity index (χ2n) is 6.19. The highest BCUT2D eigenvalue weighted by Gasteiger charge is 2.20. The van der Waals surface area contributed by atoms with Crippen LogP contribution in [0.4, 0.5) is 0 Å². The van der Waals surface area contributed by atoms with Gasteiger partial charge in [-0.2, -0.15) is 8.42 Å². The molecule has 1 rings (SSSR count). The fraction of sp³-hybridized carbons (Fsp3) is 0.667. The predicted molar refractivity (Wildman–Crippen MR) is 98.7 cm³/mol.